The first-order valence-electron chi connectivity index (χ1n) is 5.98. The van der Waals surface area contributed by atoms with Crippen LogP contribution in [0.5, 0.6) is 17.2 Å². The fourth-order valence-corrected chi connectivity index (χ4v) is 1.93. The Kier molecular flexibility index (Phi) is 3.79. The minimum atomic E-state index is -0.523. The van der Waals surface area contributed by atoms with Gasteiger partial charge in [0, 0.05) is 7.05 Å². The van der Waals surface area contributed by atoms with E-state index in [9.17, 15) is 15.0 Å². The van der Waals surface area contributed by atoms with E-state index in [4.69, 9.17) is 4.74 Å². The number of amides is 1. The zero-order valence-corrected chi connectivity index (χ0v) is 11.2. The lowest BCUT2D eigenvalue weighted by Crippen LogP contribution is -2.26. The molecule has 2 rings (SSSR count). The smallest absolute Gasteiger partial charge is 0.265 e. The van der Waals surface area contributed by atoms with Crippen molar-refractivity contribution in [3.05, 3.63) is 48.0 Å². The molecule has 104 valence electrons. The first-order valence-corrected chi connectivity index (χ1v) is 5.98. The molecule has 0 saturated heterocycles. The van der Waals surface area contributed by atoms with Gasteiger partial charge in [0.05, 0.1) is 12.8 Å². The van der Waals surface area contributed by atoms with Crippen LogP contribution in [-0.4, -0.2) is 30.3 Å². The second kappa shape index (κ2) is 5.52. The van der Waals surface area contributed by atoms with E-state index in [1.54, 1.807) is 31.3 Å². The number of ether oxygens (including phenoxy) is 1. The Morgan fingerprint density at radius 1 is 1.05 bits per heavy atom. The summed E-state index contributed by atoms with van der Waals surface area (Å²) in [6.45, 7) is 0. The predicted octanol–water partition coefficient (Wildman–Crippen LogP) is 2.38. The van der Waals surface area contributed by atoms with E-state index in [-0.39, 0.29) is 17.1 Å². The summed E-state index contributed by atoms with van der Waals surface area (Å²) in [5.41, 5.74) is 0.406. The number of carbonyl (C=O) groups excluding carboxylic acids is 1. The monoisotopic (exact) mass is 273 g/mol. The van der Waals surface area contributed by atoms with Crippen molar-refractivity contribution in [1.82, 2.24) is 0 Å². The molecule has 1 amide bonds. The molecule has 0 bridgehead atoms. The van der Waals surface area contributed by atoms with Gasteiger partial charge in [0.2, 0.25) is 0 Å². The molecule has 5 nitrogen and oxygen atoms in total. The predicted molar refractivity (Wildman–Crippen MR) is 75.5 cm³/mol. The van der Waals surface area contributed by atoms with Crippen molar-refractivity contribution in [1.29, 1.82) is 0 Å². The number of aromatic hydroxyl groups is 2. The summed E-state index contributed by atoms with van der Waals surface area (Å²) in [7, 11) is 3.06. The fraction of sp³-hybridized carbons (Fsp3) is 0.133. The lowest BCUT2D eigenvalue weighted by Gasteiger charge is -2.20. The number of hydrogen-bond acceptors (Lipinski definition) is 4. The number of anilines is 1. The average molecular weight is 273 g/mol. The summed E-state index contributed by atoms with van der Waals surface area (Å²) in [6, 6.07) is 11.2. The Bertz CT molecular complexity index is 619. The minimum Gasteiger partial charge on any atom is -0.507 e. The highest BCUT2D eigenvalue weighted by molar-refractivity contribution is 6.09. The maximum Gasteiger partial charge on any atom is 0.265 e. The second-order valence-electron chi connectivity index (χ2n) is 4.21. The lowest BCUT2D eigenvalue weighted by molar-refractivity contribution is 0.0987. The minimum absolute atomic E-state index is 0.138. The Labute approximate surface area is 116 Å². The topological polar surface area (TPSA) is 70.0 Å². The molecule has 0 aliphatic rings. The van der Waals surface area contributed by atoms with Crippen molar-refractivity contribution >= 4 is 11.6 Å². The van der Waals surface area contributed by atoms with Gasteiger partial charge in [0.1, 0.15) is 22.8 Å². The molecule has 2 N–H and O–H groups in total. The van der Waals surface area contributed by atoms with Gasteiger partial charge in [-0.25, -0.2) is 0 Å². The Hall–Kier alpha value is -2.69. The van der Waals surface area contributed by atoms with Crippen LogP contribution in [0.3, 0.4) is 0 Å². The van der Waals surface area contributed by atoms with Crippen LogP contribution in [0.1, 0.15) is 10.4 Å². The molecule has 0 aliphatic carbocycles. The van der Waals surface area contributed by atoms with Crippen LogP contribution in [0.2, 0.25) is 0 Å². The van der Waals surface area contributed by atoms with Crippen molar-refractivity contribution in [2.24, 2.45) is 0 Å². The SMILES string of the molecule is COc1ccccc1N(C)C(=O)c1c(O)cccc1O. The first kappa shape index (κ1) is 13.7. The molecule has 0 heterocycles. The Balaban J connectivity index is 2.43. The largest absolute Gasteiger partial charge is 0.507 e. The Morgan fingerprint density at radius 3 is 2.25 bits per heavy atom. The quantitative estimate of drug-likeness (QED) is 0.900. The van der Waals surface area contributed by atoms with Gasteiger partial charge in [-0.05, 0) is 24.3 Å². The van der Waals surface area contributed by atoms with Crippen molar-refractivity contribution in [3.8, 4) is 17.2 Å². The number of methoxy groups -OCH3 is 1. The van der Waals surface area contributed by atoms with Gasteiger partial charge in [0.15, 0.2) is 0 Å². The number of hydrogen-bond donors (Lipinski definition) is 2. The van der Waals surface area contributed by atoms with E-state index >= 15 is 0 Å². The van der Waals surface area contributed by atoms with Crippen molar-refractivity contribution in [2.45, 2.75) is 0 Å². The van der Waals surface area contributed by atoms with Gasteiger partial charge >= 0.3 is 0 Å². The molecule has 0 saturated carbocycles. The zero-order chi connectivity index (χ0) is 14.7. The van der Waals surface area contributed by atoms with Crippen LogP contribution >= 0.6 is 0 Å². The number of para-hydroxylation sites is 2. The van der Waals surface area contributed by atoms with Crippen LogP contribution < -0.4 is 9.64 Å². The van der Waals surface area contributed by atoms with Crippen molar-refractivity contribution in [2.75, 3.05) is 19.1 Å². The van der Waals surface area contributed by atoms with E-state index < -0.39 is 5.91 Å². The number of carbonyl (C=O) groups is 1. The first-order chi connectivity index (χ1) is 9.56. The summed E-state index contributed by atoms with van der Waals surface area (Å²) < 4.78 is 5.19. The molecule has 0 radical (unpaired) electrons. The van der Waals surface area contributed by atoms with Gasteiger partial charge in [-0.15, -0.1) is 0 Å². The molecular formula is C15H15NO4. The fourth-order valence-electron chi connectivity index (χ4n) is 1.93. The van der Waals surface area contributed by atoms with Gasteiger partial charge in [-0.1, -0.05) is 18.2 Å². The summed E-state index contributed by atoms with van der Waals surface area (Å²) in [4.78, 5) is 13.7. The second-order valence-corrected chi connectivity index (χ2v) is 4.21. The van der Waals surface area contributed by atoms with Crippen LogP contribution in [0, 0.1) is 0 Å². The third-order valence-electron chi connectivity index (χ3n) is 2.99. The number of rotatable bonds is 3. The molecule has 0 fully saturated rings. The molecular weight excluding hydrogens is 258 g/mol. The Morgan fingerprint density at radius 2 is 1.65 bits per heavy atom. The van der Waals surface area contributed by atoms with Gasteiger partial charge < -0.3 is 19.8 Å². The molecule has 0 aromatic heterocycles. The highest BCUT2D eigenvalue weighted by atomic mass is 16.5. The van der Waals surface area contributed by atoms with E-state index in [1.807, 2.05) is 0 Å². The third kappa shape index (κ3) is 2.38. The summed E-state index contributed by atoms with van der Waals surface area (Å²) in [5, 5.41) is 19.5. The van der Waals surface area contributed by atoms with E-state index in [2.05, 4.69) is 0 Å². The maximum atomic E-state index is 12.4. The van der Waals surface area contributed by atoms with Crippen LogP contribution in [0.4, 0.5) is 5.69 Å². The molecule has 2 aromatic rings. The highest BCUT2D eigenvalue weighted by Gasteiger charge is 2.22. The van der Waals surface area contributed by atoms with Gasteiger partial charge in [-0.2, -0.15) is 0 Å². The highest BCUT2D eigenvalue weighted by Crippen LogP contribution is 2.32. The summed E-state index contributed by atoms with van der Waals surface area (Å²) >= 11 is 0. The van der Waals surface area contributed by atoms with Crippen LogP contribution in [0.15, 0.2) is 42.5 Å². The lowest BCUT2D eigenvalue weighted by atomic mass is 10.1. The van der Waals surface area contributed by atoms with Gasteiger partial charge in [0.25, 0.3) is 5.91 Å². The van der Waals surface area contributed by atoms with E-state index in [0.717, 1.165) is 0 Å². The standard InChI is InChI=1S/C15H15NO4/c1-16(10-6-3-4-9-13(10)20-2)15(19)14-11(17)7-5-8-12(14)18/h3-9,17-18H,1-2H3. The van der Waals surface area contributed by atoms with E-state index in [0.29, 0.717) is 11.4 Å². The summed E-state index contributed by atoms with van der Waals surface area (Å²) in [5.74, 6) is -0.531. The summed E-state index contributed by atoms with van der Waals surface area (Å²) in [6.07, 6.45) is 0. The van der Waals surface area contributed by atoms with E-state index in [1.165, 1.54) is 30.2 Å². The molecule has 2 aromatic carbocycles. The third-order valence-corrected chi connectivity index (χ3v) is 2.99. The van der Waals surface area contributed by atoms with Crippen molar-refractivity contribution in [3.63, 3.8) is 0 Å². The zero-order valence-electron chi connectivity index (χ0n) is 11.2. The molecule has 0 aliphatic heterocycles. The molecule has 0 atom stereocenters. The molecule has 0 spiro atoms. The normalized spacial score (nSPS) is 10.1. The molecule has 20 heavy (non-hydrogen) atoms. The molecule has 5 heteroatoms. The maximum absolute atomic E-state index is 12.4. The van der Waals surface area contributed by atoms with Crippen molar-refractivity contribution < 1.29 is 19.7 Å². The average Bonchev–Trinajstić information content (AvgIpc) is 2.46. The van der Waals surface area contributed by atoms with Crippen LogP contribution in [0.25, 0.3) is 0 Å². The number of phenols is 2. The van der Waals surface area contributed by atoms with Crippen LogP contribution in [-0.2, 0) is 0 Å². The number of nitrogens with zero attached hydrogens (tertiary/aromatic N) is 1. The number of benzene rings is 2. The van der Waals surface area contributed by atoms with Gasteiger partial charge in [-0.3, -0.25) is 4.79 Å². The molecule has 0 unspecified atom stereocenters. The number of phenolic OH excluding ortho intramolecular Hbond substituents is 2.